The van der Waals surface area contributed by atoms with Crippen LogP contribution in [0.25, 0.3) is 10.9 Å². The SMILES string of the molecule is NC(=O)c1ccc(N2CCC(CN3CCN(c4ccc5nnn(C6CCC(=O)NC6=O)c(=O)c5c4)CC3)CC2)nc1. The molecule has 3 saturated heterocycles. The molecule has 3 aromatic rings. The summed E-state index contributed by atoms with van der Waals surface area (Å²) in [5.74, 6) is 0.169. The highest BCUT2D eigenvalue weighted by molar-refractivity contribution is 5.99. The van der Waals surface area contributed by atoms with Gasteiger partial charge >= 0.3 is 0 Å². The van der Waals surface area contributed by atoms with Crippen LogP contribution in [0.3, 0.4) is 0 Å². The number of rotatable bonds is 6. The van der Waals surface area contributed by atoms with Gasteiger partial charge in [0.25, 0.3) is 11.5 Å². The van der Waals surface area contributed by atoms with E-state index >= 15 is 0 Å². The predicted octanol–water partition coefficient (Wildman–Crippen LogP) is 0.302. The fourth-order valence-corrected chi connectivity index (χ4v) is 5.98. The Hall–Kier alpha value is -4.39. The van der Waals surface area contributed by atoms with Gasteiger partial charge < -0.3 is 15.5 Å². The lowest BCUT2D eigenvalue weighted by Gasteiger charge is -2.40. The number of nitrogens with zero attached hydrogens (tertiary/aromatic N) is 7. The van der Waals surface area contributed by atoms with Crippen molar-refractivity contribution in [3.63, 3.8) is 0 Å². The van der Waals surface area contributed by atoms with Gasteiger partial charge in [0.1, 0.15) is 17.4 Å². The first-order chi connectivity index (χ1) is 19.9. The number of nitrogens with two attached hydrogens (primary N) is 1. The van der Waals surface area contributed by atoms with E-state index in [4.69, 9.17) is 5.73 Å². The van der Waals surface area contributed by atoms with E-state index in [9.17, 15) is 19.2 Å². The summed E-state index contributed by atoms with van der Waals surface area (Å²) < 4.78 is 1.10. The highest BCUT2D eigenvalue weighted by atomic mass is 16.2. The number of fused-ring (bicyclic) bond motifs is 1. The summed E-state index contributed by atoms with van der Waals surface area (Å²) in [5, 5.41) is 10.8. The number of hydrogen-bond donors (Lipinski definition) is 2. The minimum absolute atomic E-state index is 0.162. The van der Waals surface area contributed by atoms with E-state index in [1.807, 2.05) is 18.2 Å². The van der Waals surface area contributed by atoms with E-state index in [0.717, 1.165) is 74.8 Å². The number of carbonyl (C=O) groups is 3. The zero-order valence-electron chi connectivity index (χ0n) is 22.7. The first kappa shape index (κ1) is 26.8. The van der Waals surface area contributed by atoms with Gasteiger partial charge in [-0.2, -0.15) is 4.68 Å². The van der Waals surface area contributed by atoms with Crippen molar-refractivity contribution in [1.82, 2.24) is 30.2 Å². The Balaban J connectivity index is 1.04. The molecular formula is C28H33N9O4. The molecule has 1 atom stereocenters. The molecule has 0 bridgehead atoms. The molecule has 3 aliphatic heterocycles. The Morgan fingerprint density at radius 3 is 2.41 bits per heavy atom. The van der Waals surface area contributed by atoms with E-state index in [-0.39, 0.29) is 24.3 Å². The summed E-state index contributed by atoms with van der Waals surface area (Å²) in [6.45, 7) is 6.49. The molecule has 3 aliphatic rings. The largest absolute Gasteiger partial charge is 0.369 e. The number of pyridine rings is 1. The zero-order valence-corrected chi connectivity index (χ0v) is 22.7. The van der Waals surface area contributed by atoms with Crippen molar-refractivity contribution in [2.45, 2.75) is 31.7 Å². The molecule has 6 rings (SSSR count). The van der Waals surface area contributed by atoms with E-state index in [1.165, 1.54) is 0 Å². The summed E-state index contributed by atoms with van der Waals surface area (Å²) in [4.78, 5) is 59.8. The average molecular weight is 560 g/mol. The third-order valence-electron chi connectivity index (χ3n) is 8.40. The van der Waals surface area contributed by atoms with Crippen LogP contribution < -0.4 is 26.4 Å². The lowest BCUT2D eigenvalue weighted by molar-refractivity contribution is -0.136. The average Bonchev–Trinajstić information content (AvgIpc) is 2.99. The van der Waals surface area contributed by atoms with Crippen LogP contribution in [0.4, 0.5) is 11.5 Å². The van der Waals surface area contributed by atoms with Crippen LogP contribution in [-0.2, 0) is 9.59 Å². The smallest absolute Gasteiger partial charge is 0.278 e. The molecule has 3 fully saturated rings. The summed E-state index contributed by atoms with van der Waals surface area (Å²) in [7, 11) is 0. The topological polar surface area (TPSA) is 160 Å². The molecule has 2 aromatic heterocycles. The molecule has 0 spiro atoms. The molecular weight excluding hydrogens is 526 g/mol. The van der Waals surface area contributed by atoms with Crippen LogP contribution in [0.1, 0.15) is 42.1 Å². The number of anilines is 2. The maximum atomic E-state index is 13.3. The molecule has 13 nitrogen and oxygen atoms in total. The number of amides is 3. The fourth-order valence-electron chi connectivity index (χ4n) is 5.98. The summed E-state index contributed by atoms with van der Waals surface area (Å²) in [6.07, 6.45) is 4.11. The summed E-state index contributed by atoms with van der Waals surface area (Å²) in [5.41, 5.74) is 6.78. The van der Waals surface area contributed by atoms with Crippen LogP contribution in [0.15, 0.2) is 41.3 Å². The highest BCUT2D eigenvalue weighted by Crippen LogP contribution is 2.25. The second-order valence-electron chi connectivity index (χ2n) is 11.0. The van der Waals surface area contributed by atoms with Crippen LogP contribution >= 0.6 is 0 Å². The maximum absolute atomic E-state index is 13.3. The minimum Gasteiger partial charge on any atom is -0.369 e. The van der Waals surface area contributed by atoms with Crippen LogP contribution in [0.2, 0.25) is 0 Å². The Labute approximate surface area is 236 Å². The third-order valence-corrected chi connectivity index (χ3v) is 8.40. The first-order valence-electron chi connectivity index (χ1n) is 14.1. The number of primary amides is 1. The molecule has 3 amide bonds. The standard InChI is InChI=1S/C28H33N9O4/c29-26(39)19-1-5-24(30-16-19)36-9-7-18(8-10-36)17-34-11-13-35(14-12-34)20-2-3-22-21(15-20)28(41)37(33-32-22)23-4-6-25(38)31-27(23)40/h1-3,5,15-16,18,23H,4,6-14,17H2,(H2,29,39)(H,31,38,40). The molecule has 1 unspecified atom stereocenters. The van der Waals surface area contributed by atoms with Gasteiger partial charge in [0.05, 0.1) is 10.9 Å². The van der Waals surface area contributed by atoms with Gasteiger partial charge in [0.2, 0.25) is 11.8 Å². The number of aromatic nitrogens is 4. The quantitative estimate of drug-likeness (QED) is 0.402. The number of hydrogen-bond acceptors (Lipinski definition) is 10. The van der Waals surface area contributed by atoms with Crippen molar-refractivity contribution in [2.75, 3.05) is 55.6 Å². The monoisotopic (exact) mass is 559 g/mol. The molecule has 41 heavy (non-hydrogen) atoms. The number of piperazine rings is 1. The second-order valence-corrected chi connectivity index (χ2v) is 11.0. The molecule has 214 valence electrons. The molecule has 13 heteroatoms. The van der Waals surface area contributed by atoms with Gasteiger partial charge in [0, 0.05) is 64.1 Å². The molecule has 3 N–H and O–H groups in total. The van der Waals surface area contributed by atoms with E-state index in [0.29, 0.717) is 22.4 Å². The lowest BCUT2D eigenvalue weighted by atomic mass is 9.96. The van der Waals surface area contributed by atoms with Gasteiger partial charge in [-0.25, -0.2) is 4.98 Å². The first-order valence-corrected chi connectivity index (χ1v) is 14.1. The molecule has 0 aliphatic carbocycles. The Bertz CT molecular complexity index is 1520. The second kappa shape index (κ2) is 11.2. The van der Waals surface area contributed by atoms with Crippen molar-refractivity contribution in [3.05, 3.63) is 52.4 Å². The molecule has 0 radical (unpaired) electrons. The van der Waals surface area contributed by atoms with Crippen molar-refractivity contribution in [2.24, 2.45) is 11.7 Å². The van der Waals surface area contributed by atoms with Crippen LogP contribution in [0.5, 0.6) is 0 Å². The molecule has 5 heterocycles. The molecule has 1 aromatic carbocycles. The van der Waals surface area contributed by atoms with E-state index < -0.39 is 17.9 Å². The van der Waals surface area contributed by atoms with Crippen molar-refractivity contribution < 1.29 is 14.4 Å². The number of carbonyl (C=O) groups excluding carboxylic acids is 3. The van der Waals surface area contributed by atoms with Gasteiger partial charge in [-0.15, -0.1) is 5.10 Å². The maximum Gasteiger partial charge on any atom is 0.278 e. The summed E-state index contributed by atoms with van der Waals surface area (Å²) in [6, 6.07) is 8.35. The minimum atomic E-state index is -0.838. The number of nitrogens with one attached hydrogen (secondary N) is 1. The third kappa shape index (κ3) is 5.62. The predicted molar refractivity (Wildman–Crippen MR) is 152 cm³/mol. The van der Waals surface area contributed by atoms with Crippen molar-refractivity contribution in [3.8, 4) is 0 Å². The lowest BCUT2D eigenvalue weighted by Crippen LogP contribution is -2.49. The van der Waals surface area contributed by atoms with Crippen molar-refractivity contribution in [1.29, 1.82) is 0 Å². The number of imide groups is 1. The van der Waals surface area contributed by atoms with Gasteiger partial charge in [-0.05, 0) is 55.5 Å². The number of piperidine rings is 2. The normalized spacial score (nSPS) is 20.8. The Morgan fingerprint density at radius 2 is 1.73 bits per heavy atom. The van der Waals surface area contributed by atoms with Gasteiger partial charge in [0.15, 0.2) is 0 Å². The fraction of sp³-hybridized carbons (Fsp3) is 0.464. The van der Waals surface area contributed by atoms with Crippen LogP contribution in [-0.4, -0.2) is 88.4 Å². The van der Waals surface area contributed by atoms with E-state index in [1.54, 1.807) is 18.3 Å². The van der Waals surface area contributed by atoms with Crippen LogP contribution in [0, 0.1) is 5.92 Å². The van der Waals surface area contributed by atoms with Gasteiger partial charge in [-0.1, -0.05) is 5.21 Å². The Kier molecular flexibility index (Phi) is 7.35. The molecule has 0 saturated carbocycles. The van der Waals surface area contributed by atoms with Gasteiger partial charge in [-0.3, -0.25) is 29.4 Å². The van der Waals surface area contributed by atoms with E-state index in [2.05, 4.69) is 35.3 Å². The highest BCUT2D eigenvalue weighted by Gasteiger charge is 2.31. The number of benzene rings is 1. The Morgan fingerprint density at radius 1 is 0.951 bits per heavy atom. The zero-order chi connectivity index (χ0) is 28.5. The summed E-state index contributed by atoms with van der Waals surface area (Å²) >= 11 is 0. The van der Waals surface area contributed by atoms with Crippen molar-refractivity contribution >= 4 is 40.1 Å².